The molecule has 27 heavy (non-hydrogen) atoms. The Morgan fingerprint density at radius 2 is 1.81 bits per heavy atom. The predicted octanol–water partition coefficient (Wildman–Crippen LogP) is 6.99. The van der Waals surface area contributed by atoms with Gasteiger partial charge in [-0.05, 0) is 75.1 Å². The van der Waals surface area contributed by atoms with E-state index in [2.05, 4.69) is 37.9 Å². The van der Waals surface area contributed by atoms with E-state index >= 15 is 0 Å². The van der Waals surface area contributed by atoms with E-state index in [0.29, 0.717) is 11.3 Å². The first-order valence-electron chi connectivity index (χ1n) is 8.10. The van der Waals surface area contributed by atoms with Gasteiger partial charge in [-0.3, -0.25) is 0 Å². The van der Waals surface area contributed by atoms with E-state index < -0.39 is 0 Å². The van der Waals surface area contributed by atoms with Crippen LogP contribution in [0.5, 0.6) is 5.75 Å². The second-order valence-electron chi connectivity index (χ2n) is 5.79. The largest absolute Gasteiger partial charge is 0.488 e. The maximum Gasteiger partial charge on any atom is 0.134 e. The highest BCUT2D eigenvalue weighted by atomic mass is 79.9. The Kier molecular flexibility index (Phi) is 6.44. The van der Waals surface area contributed by atoms with Gasteiger partial charge < -0.3 is 4.74 Å². The Bertz CT molecular complexity index is 1020. The fraction of sp³-hybridized carbons (Fsp3) is 0.0455. The topological polar surface area (TPSA) is 33.0 Å². The van der Waals surface area contributed by atoms with Crippen LogP contribution in [0, 0.1) is 17.1 Å². The second kappa shape index (κ2) is 8.98. The Morgan fingerprint density at radius 3 is 2.48 bits per heavy atom. The Hall–Kier alpha value is -2.42. The lowest BCUT2D eigenvalue weighted by molar-refractivity contribution is 0.303. The zero-order valence-corrected chi connectivity index (χ0v) is 17.3. The van der Waals surface area contributed by atoms with Gasteiger partial charge in [0.1, 0.15) is 18.2 Å². The molecule has 0 fully saturated rings. The minimum absolute atomic E-state index is 0.272. The van der Waals surface area contributed by atoms with E-state index in [4.69, 9.17) is 4.74 Å². The van der Waals surface area contributed by atoms with Crippen LogP contribution in [-0.2, 0) is 6.61 Å². The molecule has 0 saturated carbocycles. The van der Waals surface area contributed by atoms with Gasteiger partial charge in [-0.25, -0.2) is 4.39 Å². The van der Waals surface area contributed by atoms with Crippen LogP contribution in [0.15, 0.2) is 75.7 Å². The molecule has 0 spiro atoms. The predicted molar refractivity (Wildman–Crippen MR) is 112 cm³/mol. The molecule has 0 aliphatic carbocycles. The minimum Gasteiger partial charge on any atom is -0.488 e. The monoisotopic (exact) mass is 485 g/mol. The summed E-state index contributed by atoms with van der Waals surface area (Å²) in [6.45, 7) is 0.272. The smallest absolute Gasteiger partial charge is 0.134 e. The number of halogens is 3. The molecule has 0 unspecified atom stereocenters. The Morgan fingerprint density at radius 1 is 1.04 bits per heavy atom. The third-order valence-electron chi connectivity index (χ3n) is 3.83. The van der Waals surface area contributed by atoms with Gasteiger partial charge >= 0.3 is 0 Å². The summed E-state index contributed by atoms with van der Waals surface area (Å²) in [4.78, 5) is 0. The van der Waals surface area contributed by atoms with Crippen molar-refractivity contribution in [1.82, 2.24) is 0 Å². The first-order valence-corrected chi connectivity index (χ1v) is 9.68. The number of allylic oxidation sites excluding steroid dienone is 1. The van der Waals surface area contributed by atoms with E-state index in [1.54, 1.807) is 6.07 Å². The Balaban J connectivity index is 1.77. The maximum absolute atomic E-state index is 13.2. The van der Waals surface area contributed by atoms with Gasteiger partial charge in [0, 0.05) is 4.47 Å². The standard InChI is InChI=1S/C22H14Br2FNO/c23-19-7-5-17(6-8-19)18(13-26)10-15-4-9-22(21(24)12-15)27-14-16-2-1-3-20(25)11-16/h1-12H,14H2/b18-10+. The van der Waals surface area contributed by atoms with Gasteiger partial charge in [-0.15, -0.1) is 0 Å². The molecule has 0 amide bonds. The highest BCUT2D eigenvalue weighted by Gasteiger charge is 2.06. The van der Waals surface area contributed by atoms with Gasteiger partial charge in [0.05, 0.1) is 16.1 Å². The van der Waals surface area contributed by atoms with Gasteiger partial charge in [0.25, 0.3) is 0 Å². The summed E-state index contributed by atoms with van der Waals surface area (Å²) < 4.78 is 20.7. The molecule has 0 radical (unpaired) electrons. The molecule has 0 bridgehead atoms. The Labute approximate surface area is 174 Å². The molecule has 3 aromatic rings. The van der Waals surface area contributed by atoms with Crippen molar-refractivity contribution in [3.8, 4) is 11.8 Å². The van der Waals surface area contributed by atoms with Gasteiger partial charge in [-0.1, -0.05) is 46.3 Å². The summed E-state index contributed by atoms with van der Waals surface area (Å²) in [5.74, 6) is 0.367. The van der Waals surface area contributed by atoms with Crippen LogP contribution in [0.25, 0.3) is 11.6 Å². The lowest BCUT2D eigenvalue weighted by atomic mass is 10.0. The van der Waals surface area contributed by atoms with Crippen molar-refractivity contribution in [1.29, 1.82) is 5.26 Å². The van der Waals surface area contributed by atoms with Crippen LogP contribution in [0.1, 0.15) is 16.7 Å². The van der Waals surface area contributed by atoms with Crippen molar-refractivity contribution in [2.75, 3.05) is 0 Å². The quantitative estimate of drug-likeness (QED) is 0.287. The lowest BCUT2D eigenvalue weighted by Crippen LogP contribution is -1.96. The van der Waals surface area contributed by atoms with Crippen LogP contribution in [0.4, 0.5) is 4.39 Å². The zero-order valence-electron chi connectivity index (χ0n) is 14.1. The average molecular weight is 487 g/mol. The normalized spacial score (nSPS) is 11.1. The molecule has 0 aliphatic rings. The fourth-order valence-electron chi connectivity index (χ4n) is 2.49. The molecule has 0 aliphatic heterocycles. The second-order valence-corrected chi connectivity index (χ2v) is 7.56. The summed E-state index contributed by atoms with van der Waals surface area (Å²) >= 11 is 6.89. The number of ether oxygens (including phenoxy) is 1. The first-order chi connectivity index (χ1) is 13.0. The molecule has 0 saturated heterocycles. The number of rotatable bonds is 5. The third kappa shape index (κ3) is 5.29. The third-order valence-corrected chi connectivity index (χ3v) is 4.97. The molecular formula is C22H14Br2FNO. The summed E-state index contributed by atoms with van der Waals surface area (Å²) in [5.41, 5.74) is 3.05. The van der Waals surface area contributed by atoms with Gasteiger partial charge in [-0.2, -0.15) is 5.26 Å². The molecule has 0 heterocycles. The SMILES string of the molecule is N#C/C(=C\c1ccc(OCc2cccc(F)c2)c(Br)c1)c1ccc(Br)cc1. The molecule has 3 aromatic carbocycles. The van der Waals surface area contributed by atoms with Crippen molar-refractivity contribution in [3.63, 3.8) is 0 Å². The van der Waals surface area contributed by atoms with Crippen LogP contribution in [-0.4, -0.2) is 0 Å². The molecule has 0 atom stereocenters. The summed E-state index contributed by atoms with van der Waals surface area (Å²) in [6.07, 6.45) is 1.82. The van der Waals surface area contributed by atoms with Crippen LogP contribution >= 0.6 is 31.9 Å². The number of hydrogen-bond donors (Lipinski definition) is 0. The molecule has 3 rings (SSSR count). The highest BCUT2D eigenvalue weighted by Crippen LogP contribution is 2.29. The fourth-order valence-corrected chi connectivity index (χ4v) is 3.26. The molecule has 0 aromatic heterocycles. The van der Waals surface area contributed by atoms with E-state index in [1.165, 1.54) is 12.1 Å². The lowest BCUT2D eigenvalue weighted by Gasteiger charge is -2.09. The van der Waals surface area contributed by atoms with Crippen LogP contribution < -0.4 is 4.74 Å². The highest BCUT2D eigenvalue weighted by molar-refractivity contribution is 9.10. The van der Waals surface area contributed by atoms with Gasteiger partial charge in [0.2, 0.25) is 0 Å². The van der Waals surface area contributed by atoms with Crippen LogP contribution in [0.2, 0.25) is 0 Å². The number of nitriles is 1. The van der Waals surface area contributed by atoms with E-state index in [-0.39, 0.29) is 12.4 Å². The number of nitrogens with zero attached hydrogens (tertiary/aromatic N) is 1. The number of benzene rings is 3. The van der Waals surface area contributed by atoms with E-state index in [9.17, 15) is 9.65 Å². The first kappa shape index (κ1) is 19.3. The van der Waals surface area contributed by atoms with Crippen molar-refractivity contribution >= 4 is 43.5 Å². The summed E-state index contributed by atoms with van der Waals surface area (Å²) in [7, 11) is 0. The molecule has 0 N–H and O–H groups in total. The van der Waals surface area contributed by atoms with E-state index in [1.807, 2.05) is 54.6 Å². The van der Waals surface area contributed by atoms with Gasteiger partial charge in [0.15, 0.2) is 0 Å². The van der Waals surface area contributed by atoms with Crippen LogP contribution in [0.3, 0.4) is 0 Å². The summed E-state index contributed by atoms with van der Waals surface area (Å²) in [6, 6.07) is 21.7. The summed E-state index contributed by atoms with van der Waals surface area (Å²) in [5, 5.41) is 9.47. The number of hydrogen-bond acceptors (Lipinski definition) is 2. The minimum atomic E-state index is -0.285. The maximum atomic E-state index is 13.2. The average Bonchev–Trinajstić information content (AvgIpc) is 2.66. The molecule has 5 heteroatoms. The molecule has 2 nitrogen and oxygen atoms in total. The van der Waals surface area contributed by atoms with Crippen molar-refractivity contribution in [3.05, 3.63) is 98.2 Å². The van der Waals surface area contributed by atoms with Crippen molar-refractivity contribution in [2.45, 2.75) is 6.61 Å². The van der Waals surface area contributed by atoms with Crippen molar-refractivity contribution < 1.29 is 9.13 Å². The zero-order chi connectivity index (χ0) is 19.2. The van der Waals surface area contributed by atoms with Crippen molar-refractivity contribution in [2.24, 2.45) is 0 Å². The molecular weight excluding hydrogens is 473 g/mol. The van der Waals surface area contributed by atoms with E-state index in [0.717, 1.165) is 25.6 Å². The molecule has 134 valence electrons.